The molecule has 4 rings (SSSR count). The van der Waals surface area contributed by atoms with E-state index in [1.807, 2.05) is 0 Å². The standard InChI is InChI=1S/C20H25NO3/c1-22-16-7-6-15-8-10-21-9-4-5-14-11-18(23-2)19(24-3)12-17(14)20(15,21)13-16/h6-8,11-12,16H,4-5,9-10,13H2,1-3H3. The predicted molar refractivity (Wildman–Crippen MR) is 93.8 cm³/mol. The summed E-state index contributed by atoms with van der Waals surface area (Å²) in [6.07, 6.45) is 10.1. The second-order valence-corrected chi connectivity index (χ2v) is 6.77. The summed E-state index contributed by atoms with van der Waals surface area (Å²) in [5, 5.41) is 0. The topological polar surface area (TPSA) is 30.9 Å². The molecule has 0 amide bonds. The second-order valence-electron chi connectivity index (χ2n) is 6.77. The molecule has 1 aliphatic carbocycles. The van der Waals surface area contributed by atoms with Crippen molar-refractivity contribution in [3.63, 3.8) is 0 Å². The van der Waals surface area contributed by atoms with Gasteiger partial charge in [0.15, 0.2) is 11.5 Å². The average Bonchev–Trinajstić information content (AvgIpc) is 2.92. The van der Waals surface area contributed by atoms with Gasteiger partial charge in [0.2, 0.25) is 0 Å². The molecule has 1 aromatic rings. The number of benzene rings is 1. The second kappa shape index (κ2) is 5.94. The van der Waals surface area contributed by atoms with Crippen molar-refractivity contribution >= 4 is 0 Å². The lowest BCUT2D eigenvalue weighted by atomic mass is 9.74. The molecule has 2 unspecified atom stereocenters. The maximum atomic E-state index is 5.70. The monoisotopic (exact) mass is 327 g/mol. The Balaban J connectivity index is 1.93. The summed E-state index contributed by atoms with van der Waals surface area (Å²) in [5.41, 5.74) is 4.02. The molecule has 0 saturated carbocycles. The van der Waals surface area contributed by atoms with Gasteiger partial charge in [0, 0.05) is 20.1 Å². The highest BCUT2D eigenvalue weighted by Gasteiger charge is 2.49. The first-order chi connectivity index (χ1) is 11.7. The summed E-state index contributed by atoms with van der Waals surface area (Å²) in [5.74, 6) is 1.63. The van der Waals surface area contributed by atoms with Gasteiger partial charge in [0.25, 0.3) is 0 Å². The van der Waals surface area contributed by atoms with Crippen molar-refractivity contribution in [1.29, 1.82) is 0 Å². The smallest absolute Gasteiger partial charge is 0.161 e. The zero-order valence-corrected chi connectivity index (χ0v) is 14.7. The van der Waals surface area contributed by atoms with Crippen LogP contribution >= 0.6 is 0 Å². The van der Waals surface area contributed by atoms with Crippen molar-refractivity contribution in [2.24, 2.45) is 0 Å². The van der Waals surface area contributed by atoms with Crippen LogP contribution in [0.4, 0.5) is 0 Å². The van der Waals surface area contributed by atoms with Crippen molar-refractivity contribution in [1.82, 2.24) is 4.90 Å². The maximum Gasteiger partial charge on any atom is 0.161 e. The van der Waals surface area contributed by atoms with Crippen LogP contribution < -0.4 is 9.47 Å². The van der Waals surface area contributed by atoms with Gasteiger partial charge in [0.1, 0.15) is 0 Å². The van der Waals surface area contributed by atoms with Crippen molar-refractivity contribution < 1.29 is 14.2 Å². The highest BCUT2D eigenvalue weighted by atomic mass is 16.5. The molecule has 1 aromatic carbocycles. The molecule has 0 N–H and O–H groups in total. The zero-order valence-electron chi connectivity index (χ0n) is 14.7. The Bertz CT molecular complexity index is 709. The quantitative estimate of drug-likeness (QED) is 0.854. The Labute approximate surface area is 143 Å². The van der Waals surface area contributed by atoms with Crippen LogP contribution in [0.2, 0.25) is 0 Å². The Morgan fingerprint density at radius 3 is 2.67 bits per heavy atom. The molecule has 0 saturated heterocycles. The van der Waals surface area contributed by atoms with Gasteiger partial charge in [-0.05, 0) is 48.2 Å². The number of ether oxygens (including phenoxy) is 3. The van der Waals surface area contributed by atoms with E-state index in [0.29, 0.717) is 0 Å². The van der Waals surface area contributed by atoms with Crippen LogP contribution in [-0.4, -0.2) is 45.4 Å². The zero-order chi connectivity index (χ0) is 16.7. The lowest BCUT2D eigenvalue weighted by molar-refractivity contribution is 0.0587. The molecular formula is C20H25NO3. The first-order valence-corrected chi connectivity index (χ1v) is 8.65. The van der Waals surface area contributed by atoms with Crippen molar-refractivity contribution in [2.75, 3.05) is 34.4 Å². The Kier molecular flexibility index (Phi) is 3.89. The first kappa shape index (κ1) is 15.7. The Hall–Kier alpha value is -1.78. The largest absolute Gasteiger partial charge is 0.493 e. The molecule has 4 heteroatoms. The van der Waals surface area contributed by atoms with Crippen LogP contribution in [0.1, 0.15) is 24.0 Å². The number of hydrogen-bond donors (Lipinski definition) is 0. The van der Waals surface area contributed by atoms with Crippen LogP contribution in [0.3, 0.4) is 0 Å². The van der Waals surface area contributed by atoms with E-state index in [1.165, 1.54) is 16.7 Å². The van der Waals surface area contributed by atoms with Crippen molar-refractivity contribution in [3.05, 3.63) is 47.1 Å². The molecule has 2 atom stereocenters. The van der Waals surface area contributed by atoms with Crippen LogP contribution in [-0.2, 0) is 16.7 Å². The summed E-state index contributed by atoms with van der Waals surface area (Å²) in [6.45, 7) is 2.10. The van der Waals surface area contributed by atoms with E-state index in [9.17, 15) is 0 Å². The van der Waals surface area contributed by atoms with Gasteiger partial charge in [-0.2, -0.15) is 0 Å². The fourth-order valence-electron chi connectivity index (χ4n) is 4.59. The van der Waals surface area contributed by atoms with Crippen LogP contribution in [0.15, 0.2) is 35.9 Å². The number of fused-ring (bicyclic) bond motifs is 1. The summed E-state index contributed by atoms with van der Waals surface area (Å²) in [4.78, 5) is 2.61. The Morgan fingerprint density at radius 2 is 1.92 bits per heavy atom. The SMILES string of the molecule is COc1cc2c(cc1OC)C13CC(OC)C=CC1=CCN3CCC2. The van der Waals surface area contributed by atoms with Gasteiger partial charge in [-0.15, -0.1) is 0 Å². The summed E-state index contributed by atoms with van der Waals surface area (Å²) in [6, 6.07) is 4.36. The van der Waals surface area contributed by atoms with Gasteiger partial charge in [0.05, 0.1) is 25.9 Å². The molecule has 4 nitrogen and oxygen atoms in total. The Morgan fingerprint density at radius 1 is 1.12 bits per heavy atom. The fourth-order valence-corrected chi connectivity index (χ4v) is 4.59. The maximum absolute atomic E-state index is 5.70. The van der Waals surface area contributed by atoms with E-state index < -0.39 is 0 Å². The molecule has 24 heavy (non-hydrogen) atoms. The third kappa shape index (κ3) is 2.13. The van der Waals surface area contributed by atoms with Crippen molar-refractivity contribution in [3.8, 4) is 11.5 Å². The summed E-state index contributed by atoms with van der Waals surface area (Å²) >= 11 is 0. The van der Waals surface area contributed by atoms with Gasteiger partial charge < -0.3 is 14.2 Å². The number of methoxy groups -OCH3 is 3. The van der Waals surface area contributed by atoms with Gasteiger partial charge >= 0.3 is 0 Å². The number of aryl methyl sites for hydroxylation is 1. The van der Waals surface area contributed by atoms with Gasteiger partial charge in [-0.25, -0.2) is 0 Å². The number of hydrogen-bond acceptors (Lipinski definition) is 4. The highest BCUT2D eigenvalue weighted by molar-refractivity contribution is 5.56. The van der Waals surface area contributed by atoms with Gasteiger partial charge in [-0.1, -0.05) is 18.2 Å². The van der Waals surface area contributed by atoms with E-state index in [-0.39, 0.29) is 11.6 Å². The summed E-state index contributed by atoms with van der Waals surface area (Å²) in [7, 11) is 5.21. The molecular weight excluding hydrogens is 302 g/mol. The van der Waals surface area contributed by atoms with E-state index in [4.69, 9.17) is 14.2 Å². The van der Waals surface area contributed by atoms with Crippen LogP contribution in [0, 0.1) is 0 Å². The number of nitrogens with zero attached hydrogens (tertiary/aromatic N) is 1. The van der Waals surface area contributed by atoms with E-state index in [2.05, 4.69) is 35.3 Å². The molecule has 3 aliphatic rings. The van der Waals surface area contributed by atoms with Crippen molar-refractivity contribution in [2.45, 2.75) is 30.9 Å². The van der Waals surface area contributed by atoms with Crippen LogP contribution in [0.25, 0.3) is 0 Å². The minimum Gasteiger partial charge on any atom is -0.493 e. The minimum absolute atomic E-state index is 0.0964. The van der Waals surface area contributed by atoms with E-state index >= 15 is 0 Å². The molecule has 0 radical (unpaired) electrons. The minimum atomic E-state index is -0.0964. The molecule has 0 aromatic heterocycles. The third-order valence-corrected chi connectivity index (χ3v) is 5.77. The fraction of sp³-hybridized carbons (Fsp3) is 0.500. The highest BCUT2D eigenvalue weighted by Crippen LogP contribution is 2.51. The lowest BCUT2D eigenvalue weighted by Crippen LogP contribution is -2.47. The molecule has 1 spiro atoms. The van der Waals surface area contributed by atoms with E-state index in [1.54, 1.807) is 21.3 Å². The molecule has 0 fully saturated rings. The molecule has 2 aliphatic heterocycles. The normalized spacial score (nSPS) is 28.5. The predicted octanol–water partition coefficient (Wildman–Crippen LogP) is 3.06. The summed E-state index contributed by atoms with van der Waals surface area (Å²) < 4.78 is 16.9. The lowest BCUT2D eigenvalue weighted by Gasteiger charge is -2.44. The number of rotatable bonds is 3. The van der Waals surface area contributed by atoms with Crippen LogP contribution in [0.5, 0.6) is 11.5 Å². The average molecular weight is 327 g/mol. The first-order valence-electron chi connectivity index (χ1n) is 8.65. The molecule has 0 bridgehead atoms. The third-order valence-electron chi connectivity index (χ3n) is 5.77. The molecule has 2 heterocycles. The van der Waals surface area contributed by atoms with Gasteiger partial charge in [-0.3, -0.25) is 4.90 Å². The molecule has 128 valence electrons. The van der Waals surface area contributed by atoms with E-state index in [0.717, 1.165) is 43.9 Å².